The molecule has 0 aromatic carbocycles. The van der Waals surface area contributed by atoms with E-state index in [-0.39, 0.29) is 0 Å². The Bertz CT molecular complexity index is 253. The van der Waals surface area contributed by atoms with E-state index in [4.69, 9.17) is 0 Å². The van der Waals surface area contributed by atoms with Crippen molar-refractivity contribution in [1.29, 1.82) is 0 Å². The summed E-state index contributed by atoms with van der Waals surface area (Å²) in [4.78, 5) is 5.38. The average molecular weight is 267 g/mol. The minimum Gasteiger partial charge on any atom is -0.316 e. The van der Waals surface area contributed by atoms with Crippen molar-refractivity contribution in [2.24, 2.45) is 5.41 Å². The van der Waals surface area contributed by atoms with Gasteiger partial charge in [-0.15, -0.1) is 0 Å². The molecule has 2 aliphatic rings. The molecule has 0 aromatic rings. The lowest BCUT2D eigenvalue weighted by Gasteiger charge is -2.44. The highest BCUT2D eigenvalue weighted by Gasteiger charge is 2.33. The van der Waals surface area contributed by atoms with E-state index in [9.17, 15) is 0 Å². The molecule has 2 fully saturated rings. The third-order valence-electron chi connectivity index (χ3n) is 5.49. The molecule has 3 nitrogen and oxygen atoms in total. The second-order valence-corrected chi connectivity index (χ2v) is 6.70. The molecule has 2 heterocycles. The maximum atomic E-state index is 3.62. The van der Waals surface area contributed by atoms with Gasteiger partial charge in [0.1, 0.15) is 0 Å². The van der Waals surface area contributed by atoms with Crippen LogP contribution in [-0.4, -0.2) is 61.7 Å². The summed E-state index contributed by atoms with van der Waals surface area (Å²) in [5.41, 5.74) is 0.552. The Morgan fingerprint density at radius 2 is 1.89 bits per heavy atom. The zero-order valence-corrected chi connectivity index (χ0v) is 13.2. The second kappa shape index (κ2) is 7.05. The van der Waals surface area contributed by atoms with Gasteiger partial charge in [-0.05, 0) is 44.6 Å². The maximum Gasteiger partial charge on any atom is 0.0113 e. The summed E-state index contributed by atoms with van der Waals surface area (Å²) < 4.78 is 0. The van der Waals surface area contributed by atoms with Crippen LogP contribution in [0, 0.1) is 5.41 Å². The first-order valence-electron chi connectivity index (χ1n) is 8.36. The van der Waals surface area contributed by atoms with Gasteiger partial charge < -0.3 is 10.2 Å². The molecule has 2 rings (SSSR count). The molecule has 0 radical (unpaired) electrons. The topological polar surface area (TPSA) is 18.5 Å². The molecule has 1 N–H and O–H groups in total. The first kappa shape index (κ1) is 15.3. The number of hydrogen-bond donors (Lipinski definition) is 1. The molecular formula is C16H33N3. The molecule has 2 aliphatic heterocycles. The predicted molar refractivity (Wildman–Crippen MR) is 82.6 cm³/mol. The van der Waals surface area contributed by atoms with Gasteiger partial charge in [-0.1, -0.05) is 13.8 Å². The highest BCUT2D eigenvalue weighted by molar-refractivity contribution is 4.89. The summed E-state index contributed by atoms with van der Waals surface area (Å²) in [6.07, 6.45) is 5.39. The van der Waals surface area contributed by atoms with Crippen LogP contribution in [0.15, 0.2) is 0 Å². The normalized spacial score (nSPS) is 32.4. The van der Waals surface area contributed by atoms with Crippen LogP contribution >= 0.6 is 0 Å². The number of hydrogen-bond acceptors (Lipinski definition) is 3. The first-order valence-corrected chi connectivity index (χ1v) is 8.36. The van der Waals surface area contributed by atoms with E-state index in [2.05, 4.69) is 35.9 Å². The largest absolute Gasteiger partial charge is 0.316 e. The fourth-order valence-electron chi connectivity index (χ4n) is 3.67. The highest BCUT2D eigenvalue weighted by Crippen LogP contribution is 2.31. The minimum absolute atomic E-state index is 0.552. The van der Waals surface area contributed by atoms with Gasteiger partial charge in [0.05, 0.1) is 0 Å². The summed E-state index contributed by atoms with van der Waals surface area (Å²) in [6.45, 7) is 15.9. The molecule has 2 saturated heterocycles. The summed E-state index contributed by atoms with van der Waals surface area (Å²) >= 11 is 0. The molecule has 0 aliphatic carbocycles. The van der Waals surface area contributed by atoms with Crippen LogP contribution in [0.4, 0.5) is 0 Å². The van der Waals surface area contributed by atoms with Gasteiger partial charge in [0, 0.05) is 45.3 Å². The Labute approximate surface area is 119 Å². The molecule has 0 aromatic heterocycles. The molecule has 0 spiro atoms. The predicted octanol–water partition coefficient (Wildman–Crippen LogP) is 2.18. The SMILES string of the molecule is CCC(C)N1CCN(CC2(CC)CCCNC2)CC1. The minimum atomic E-state index is 0.552. The van der Waals surface area contributed by atoms with Gasteiger partial charge in [-0.3, -0.25) is 4.90 Å². The molecule has 2 unspecified atom stereocenters. The van der Waals surface area contributed by atoms with Crippen molar-refractivity contribution >= 4 is 0 Å². The number of nitrogens with one attached hydrogen (secondary N) is 1. The van der Waals surface area contributed by atoms with E-state index < -0.39 is 0 Å². The van der Waals surface area contributed by atoms with E-state index in [1.54, 1.807) is 0 Å². The fraction of sp³-hybridized carbons (Fsp3) is 1.00. The zero-order chi connectivity index (χ0) is 13.7. The van der Waals surface area contributed by atoms with Crippen molar-refractivity contribution in [3.63, 3.8) is 0 Å². The van der Waals surface area contributed by atoms with Crippen molar-refractivity contribution in [3.8, 4) is 0 Å². The van der Waals surface area contributed by atoms with Crippen LogP contribution in [0.25, 0.3) is 0 Å². The highest BCUT2D eigenvalue weighted by atomic mass is 15.3. The quantitative estimate of drug-likeness (QED) is 0.824. The summed E-state index contributed by atoms with van der Waals surface area (Å²) in [5, 5.41) is 3.62. The van der Waals surface area contributed by atoms with Gasteiger partial charge >= 0.3 is 0 Å². The Morgan fingerprint density at radius 1 is 1.16 bits per heavy atom. The van der Waals surface area contributed by atoms with Gasteiger partial charge in [0.15, 0.2) is 0 Å². The van der Waals surface area contributed by atoms with Crippen molar-refractivity contribution in [3.05, 3.63) is 0 Å². The Hall–Kier alpha value is -0.120. The molecule has 0 saturated carbocycles. The van der Waals surface area contributed by atoms with Gasteiger partial charge in [-0.2, -0.15) is 0 Å². The summed E-state index contributed by atoms with van der Waals surface area (Å²) in [7, 11) is 0. The van der Waals surface area contributed by atoms with Gasteiger partial charge in [0.2, 0.25) is 0 Å². The van der Waals surface area contributed by atoms with Crippen LogP contribution in [0.2, 0.25) is 0 Å². The molecule has 0 amide bonds. The number of piperidine rings is 1. The number of nitrogens with zero attached hydrogens (tertiary/aromatic N) is 2. The second-order valence-electron chi connectivity index (χ2n) is 6.70. The monoisotopic (exact) mass is 267 g/mol. The Morgan fingerprint density at radius 3 is 2.42 bits per heavy atom. The van der Waals surface area contributed by atoms with Crippen molar-refractivity contribution in [1.82, 2.24) is 15.1 Å². The van der Waals surface area contributed by atoms with Crippen molar-refractivity contribution < 1.29 is 0 Å². The lowest BCUT2D eigenvalue weighted by atomic mass is 9.78. The third kappa shape index (κ3) is 3.93. The fourth-order valence-corrected chi connectivity index (χ4v) is 3.67. The van der Waals surface area contributed by atoms with E-state index in [0.29, 0.717) is 5.41 Å². The molecule has 19 heavy (non-hydrogen) atoms. The van der Waals surface area contributed by atoms with Crippen molar-refractivity contribution in [2.45, 2.75) is 52.5 Å². The van der Waals surface area contributed by atoms with Crippen LogP contribution in [0.1, 0.15) is 46.5 Å². The van der Waals surface area contributed by atoms with Crippen LogP contribution in [-0.2, 0) is 0 Å². The molecule has 3 heteroatoms. The molecule has 0 bridgehead atoms. The standard InChI is InChI=1S/C16H33N3/c1-4-15(3)19-11-9-18(10-12-19)14-16(5-2)7-6-8-17-13-16/h15,17H,4-14H2,1-3H3. The molecule has 112 valence electrons. The Balaban J connectivity index is 1.81. The first-order chi connectivity index (χ1) is 9.19. The maximum absolute atomic E-state index is 3.62. The van der Waals surface area contributed by atoms with Crippen molar-refractivity contribution in [2.75, 3.05) is 45.8 Å². The lowest BCUT2D eigenvalue weighted by Crippen LogP contribution is -2.54. The van der Waals surface area contributed by atoms with Gasteiger partial charge in [-0.25, -0.2) is 0 Å². The van der Waals surface area contributed by atoms with Crippen LogP contribution in [0.5, 0.6) is 0 Å². The van der Waals surface area contributed by atoms with E-state index in [1.807, 2.05) is 0 Å². The van der Waals surface area contributed by atoms with E-state index >= 15 is 0 Å². The Kier molecular flexibility index (Phi) is 5.67. The van der Waals surface area contributed by atoms with E-state index in [1.165, 1.54) is 71.5 Å². The molecule has 2 atom stereocenters. The van der Waals surface area contributed by atoms with E-state index in [0.717, 1.165) is 6.04 Å². The van der Waals surface area contributed by atoms with Gasteiger partial charge in [0.25, 0.3) is 0 Å². The average Bonchev–Trinajstić information content (AvgIpc) is 2.48. The number of piperazine rings is 1. The zero-order valence-electron chi connectivity index (χ0n) is 13.2. The third-order valence-corrected chi connectivity index (χ3v) is 5.49. The summed E-state index contributed by atoms with van der Waals surface area (Å²) in [6, 6.07) is 0.763. The van der Waals surface area contributed by atoms with Crippen LogP contribution < -0.4 is 5.32 Å². The molecular weight excluding hydrogens is 234 g/mol. The number of rotatable bonds is 5. The lowest BCUT2D eigenvalue weighted by molar-refractivity contribution is 0.0531. The smallest absolute Gasteiger partial charge is 0.0113 e. The summed E-state index contributed by atoms with van der Waals surface area (Å²) in [5.74, 6) is 0. The van der Waals surface area contributed by atoms with Crippen LogP contribution in [0.3, 0.4) is 0 Å².